The Morgan fingerprint density at radius 2 is 1.90 bits per heavy atom. The quantitative estimate of drug-likeness (QED) is 0.655. The van der Waals surface area contributed by atoms with Crippen molar-refractivity contribution >= 4 is 45.3 Å². The minimum Gasteiger partial charge on any atom is -0.505 e. The molecule has 0 aliphatic rings. The summed E-state index contributed by atoms with van der Waals surface area (Å²) < 4.78 is 43.4. The highest BCUT2D eigenvalue weighted by Gasteiger charge is 2.37. The molecule has 3 aromatic rings. The van der Waals surface area contributed by atoms with Gasteiger partial charge in [-0.2, -0.15) is 18.3 Å². The van der Waals surface area contributed by atoms with Crippen LogP contribution in [-0.4, -0.2) is 15.3 Å². The van der Waals surface area contributed by atoms with E-state index in [4.69, 9.17) is 27.6 Å². The second-order valence-corrected chi connectivity index (χ2v) is 4.91. The average molecular weight is 339 g/mol. The molecule has 0 unspecified atom stereocenters. The number of phenols is 1. The molecule has 0 saturated heterocycles. The molecule has 2 aromatic heterocycles. The molecule has 21 heavy (non-hydrogen) atoms. The zero-order valence-electron chi connectivity index (χ0n) is 9.68. The van der Waals surface area contributed by atoms with E-state index in [1.165, 1.54) is 0 Å². The van der Waals surface area contributed by atoms with Crippen LogP contribution in [0.4, 0.5) is 13.2 Å². The first kappa shape index (κ1) is 14.0. The number of benzene rings is 1. The number of hydrogen-bond acceptors (Lipinski definition) is 4. The van der Waals surface area contributed by atoms with Gasteiger partial charge in [0.2, 0.25) is 5.43 Å². The Morgan fingerprint density at radius 3 is 2.52 bits per heavy atom. The fourth-order valence-corrected chi connectivity index (χ4v) is 2.40. The molecule has 0 amide bonds. The number of phenolic OH excluding ortho intramolecular Hbond substituents is 1. The van der Waals surface area contributed by atoms with Crippen LogP contribution >= 0.6 is 23.2 Å². The monoisotopic (exact) mass is 338 g/mol. The number of hydrogen-bond donors (Lipinski definition) is 2. The molecule has 2 N–H and O–H groups in total. The third-order valence-electron chi connectivity index (χ3n) is 2.81. The van der Waals surface area contributed by atoms with Crippen molar-refractivity contribution in [1.82, 2.24) is 10.2 Å². The summed E-state index contributed by atoms with van der Waals surface area (Å²) >= 11 is 11.5. The van der Waals surface area contributed by atoms with Crippen molar-refractivity contribution in [2.24, 2.45) is 0 Å². The number of aromatic nitrogens is 2. The number of halogens is 5. The summed E-state index contributed by atoms with van der Waals surface area (Å²) in [5.74, 6) is -0.636. The summed E-state index contributed by atoms with van der Waals surface area (Å²) in [6.07, 6.45) is -4.79. The van der Waals surface area contributed by atoms with Crippen LogP contribution in [-0.2, 0) is 6.18 Å². The summed E-state index contributed by atoms with van der Waals surface area (Å²) in [7, 11) is 0. The number of H-pyrrole nitrogens is 1. The number of nitrogens with zero attached hydrogens (tertiary/aromatic N) is 1. The first-order chi connectivity index (χ1) is 9.71. The molecule has 0 bridgehead atoms. The van der Waals surface area contributed by atoms with Crippen molar-refractivity contribution in [3.8, 4) is 5.75 Å². The molecule has 2 heterocycles. The topological polar surface area (TPSA) is 79.1 Å². The summed E-state index contributed by atoms with van der Waals surface area (Å²) in [4.78, 5) is 12.2. The predicted molar refractivity (Wildman–Crippen MR) is 68.8 cm³/mol. The predicted octanol–water partition coefficient (Wildman–Crippen LogP) is 3.70. The van der Waals surface area contributed by atoms with E-state index in [1.807, 2.05) is 0 Å². The van der Waals surface area contributed by atoms with Crippen LogP contribution in [0.1, 0.15) is 5.69 Å². The number of nitrogens with one attached hydrogen (secondary N) is 1. The Hall–Kier alpha value is -1.93. The molecular weight excluding hydrogens is 336 g/mol. The lowest BCUT2D eigenvalue weighted by Crippen LogP contribution is -2.07. The number of aromatic hydroxyl groups is 1. The van der Waals surface area contributed by atoms with Gasteiger partial charge in [-0.15, -0.1) is 0 Å². The van der Waals surface area contributed by atoms with Crippen molar-refractivity contribution in [3.63, 3.8) is 0 Å². The Morgan fingerprint density at radius 1 is 1.24 bits per heavy atom. The highest BCUT2D eigenvalue weighted by Crippen LogP contribution is 2.39. The van der Waals surface area contributed by atoms with E-state index >= 15 is 0 Å². The minimum atomic E-state index is -4.79. The van der Waals surface area contributed by atoms with E-state index in [2.05, 4.69) is 5.10 Å². The summed E-state index contributed by atoms with van der Waals surface area (Å²) in [5.41, 5.74) is -4.09. The zero-order valence-corrected chi connectivity index (χ0v) is 11.2. The number of fused-ring (bicyclic) bond motifs is 2. The van der Waals surface area contributed by atoms with Crippen molar-refractivity contribution < 1.29 is 22.7 Å². The SMILES string of the molecule is O=c1c2n[nH]c(C(F)(F)F)c2oc2c(Cl)cc(Cl)c(O)c12. The molecule has 10 heteroatoms. The van der Waals surface area contributed by atoms with E-state index < -0.39 is 45.1 Å². The molecule has 110 valence electrons. The molecule has 5 nitrogen and oxygen atoms in total. The second-order valence-electron chi connectivity index (χ2n) is 4.10. The third-order valence-corrected chi connectivity index (χ3v) is 3.38. The molecule has 0 aliphatic heterocycles. The average Bonchev–Trinajstić information content (AvgIpc) is 2.80. The van der Waals surface area contributed by atoms with Crippen molar-refractivity contribution in [2.75, 3.05) is 0 Å². The van der Waals surface area contributed by atoms with Gasteiger partial charge in [0, 0.05) is 0 Å². The fraction of sp³-hybridized carbons (Fsp3) is 0.0909. The Labute approximate surface area is 122 Å². The first-order valence-electron chi connectivity index (χ1n) is 5.31. The molecule has 0 aliphatic carbocycles. The van der Waals surface area contributed by atoms with Gasteiger partial charge >= 0.3 is 6.18 Å². The summed E-state index contributed by atoms with van der Waals surface area (Å²) in [6.45, 7) is 0. The van der Waals surface area contributed by atoms with E-state index in [0.717, 1.165) is 6.07 Å². The largest absolute Gasteiger partial charge is 0.505 e. The standard InChI is InChI=1S/C11H3Cl2F3N2O3/c12-2-1-3(13)8-4(6(2)19)7(20)5-9(21-8)10(18-17-5)11(14,15)16/h1,19H,(H,17,18). The van der Waals surface area contributed by atoms with E-state index in [-0.39, 0.29) is 10.0 Å². The smallest absolute Gasteiger partial charge is 0.436 e. The maximum Gasteiger partial charge on any atom is 0.436 e. The van der Waals surface area contributed by atoms with Gasteiger partial charge < -0.3 is 9.52 Å². The number of rotatable bonds is 0. The van der Waals surface area contributed by atoms with Gasteiger partial charge in [-0.05, 0) is 6.07 Å². The van der Waals surface area contributed by atoms with Gasteiger partial charge in [-0.25, -0.2) is 0 Å². The fourth-order valence-electron chi connectivity index (χ4n) is 1.90. The van der Waals surface area contributed by atoms with Gasteiger partial charge in [0.15, 0.2) is 22.4 Å². The van der Waals surface area contributed by atoms with Crippen molar-refractivity contribution in [1.29, 1.82) is 0 Å². The molecule has 0 radical (unpaired) electrons. The molecule has 0 atom stereocenters. The maximum absolute atomic E-state index is 12.8. The van der Waals surface area contributed by atoms with Gasteiger partial charge in [0.05, 0.1) is 10.0 Å². The van der Waals surface area contributed by atoms with Gasteiger partial charge in [0.1, 0.15) is 11.1 Å². The summed E-state index contributed by atoms with van der Waals surface area (Å²) in [6, 6.07) is 1.06. The van der Waals surface area contributed by atoms with Crippen LogP contribution in [0.15, 0.2) is 15.3 Å². The normalized spacial score (nSPS) is 12.4. The van der Waals surface area contributed by atoms with E-state index in [9.17, 15) is 23.1 Å². The number of alkyl halides is 3. The molecular formula is C11H3Cl2F3N2O3. The van der Waals surface area contributed by atoms with E-state index in [0.29, 0.717) is 0 Å². The minimum absolute atomic E-state index is 0.207. The van der Waals surface area contributed by atoms with Crippen LogP contribution in [0.3, 0.4) is 0 Å². The molecule has 0 fully saturated rings. The maximum atomic E-state index is 12.8. The van der Waals surface area contributed by atoms with Crippen LogP contribution in [0.5, 0.6) is 5.75 Å². The zero-order chi connectivity index (χ0) is 15.5. The van der Waals surface area contributed by atoms with Crippen LogP contribution in [0, 0.1) is 0 Å². The van der Waals surface area contributed by atoms with Crippen LogP contribution < -0.4 is 5.43 Å². The van der Waals surface area contributed by atoms with Crippen molar-refractivity contribution in [3.05, 3.63) is 32.0 Å². The molecule has 1 aromatic carbocycles. The lowest BCUT2D eigenvalue weighted by molar-refractivity contribution is -0.140. The second kappa shape index (κ2) is 4.28. The van der Waals surface area contributed by atoms with Crippen LogP contribution in [0.25, 0.3) is 22.1 Å². The van der Waals surface area contributed by atoms with Crippen LogP contribution in [0.2, 0.25) is 10.0 Å². The van der Waals surface area contributed by atoms with Gasteiger partial charge in [-0.3, -0.25) is 9.89 Å². The molecule has 3 rings (SSSR count). The highest BCUT2D eigenvalue weighted by atomic mass is 35.5. The Kier molecular flexibility index (Phi) is 2.86. The van der Waals surface area contributed by atoms with Gasteiger partial charge in [0.25, 0.3) is 0 Å². The van der Waals surface area contributed by atoms with Gasteiger partial charge in [-0.1, -0.05) is 23.2 Å². The lowest BCUT2D eigenvalue weighted by Gasteiger charge is -2.06. The Bertz CT molecular complexity index is 946. The van der Waals surface area contributed by atoms with Crippen molar-refractivity contribution in [2.45, 2.75) is 6.18 Å². The first-order valence-corrected chi connectivity index (χ1v) is 6.06. The van der Waals surface area contributed by atoms with E-state index in [1.54, 1.807) is 5.10 Å². The highest BCUT2D eigenvalue weighted by molar-refractivity contribution is 6.39. The third kappa shape index (κ3) is 1.94. The Balaban J connectivity index is 2.58. The molecule has 0 spiro atoms. The summed E-state index contributed by atoms with van der Waals surface area (Å²) in [5, 5.41) is 13.9. The lowest BCUT2D eigenvalue weighted by atomic mass is 10.2. The molecule has 0 saturated carbocycles. The number of aromatic amines is 1.